The Morgan fingerprint density at radius 1 is 1.07 bits per heavy atom. The Balaban J connectivity index is 1.94. The number of para-hydroxylation sites is 1. The molecule has 0 fully saturated rings. The van der Waals surface area contributed by atoms with Gasteiger partial charge in [-0.25, -0.2) is 12.7 Å². The van der Waals surface area contributed by atoms with Crippen LogP contribution < -0.4 is 5.32 Å². The molecule has 1 N–H and O–H groups in total. The van der Waals surface area contributed by atoms with Gasteiger partial charge in [0.15, 0.2) is 0 Å². The Bertz CT molecular complexity index is 1150. The van der Waals surface area contributed by atoms with Gasteiger partial charge in [-0.1, -0.05) is 50.2 Å². The van der Waals surface area contributed by atoms with Crippen LogP contribution in [-0.2, 0) is 16.6 Å². The standard InChI is InChI=1S/C22H25N3O3S/c1-15(2)20-13-18(17-10-6-7-11-19(17)24-20)22(26)23-14-16-9-5-8-12-21(16)29(27,28)25(3)4/h5-13,15H,14H2,1-4H3,(H,23,26). The van der Waals surface area contributed by atoms with Crippen LogP contribution in [0.5, 0.6) is 0 Å². The summed E-state index contributed by atoms with van der Waals surface area (Å²) >= 11 is 0. The Kier molecular flexibility index (Phi) is 6.00. The molecule has 0 unspecified atom stereocenters. The van der Waals surface area contributed by atoms with E-state index in [-0.39, 0.29) is 23.3 Å². The molecule has 1 heterocycles. The van der Waals surface area contributed by atoms with Crippen LogP contribution in [0.2, 0.25) is 0 Å². The van der Waals surface area contributed by atoms with Gasteiger partial charge in [-0.2, -0.15) is 0 Å². The average Bonchev–Trinajstić information content (AvgIpc) is 2.71. The third-order valence-corrected chi connectivity index (χ3v) is 6.66. The van der Waals surface area contributed by atoms with E-state index in [0.717, 1.165) is 16.6 Å². The number of rotatable bonds is 6. The third-order valence-electron chi connectivity index (χ3n) is 4.74. The Morgan fingerprint density at radius 2 is 1.72 bits per heavy atom. The molecule has 0 saturated heterocycles. The fourth-order valence-corrected chi connectivity index (χ4v) is 4.16. The van der Waals surface area contributed by atoms with Crippen molar-refractivity contribution in [3.05, 3.63) is 71.4 Å². The van der Waals surface area contributed by atoms with Gasteiger partial charge in [0.2, 0.25) is 10.0 Å². The lowest BCUT2D eigenvalue weighted by Gasteiger charge is -2.16. The van der Waals surface area contributed by atoms with Crippen molar-refractivity contribution in [1.82, 2.24) is 14.6 Å². The van der Waals surface area contributed by atoms with Crippen molar-refractivity contribution in [3.8, 4) is 0 Å². The lowest BCUT2D eigenvalue weighted by Crippen LogP contribution is -2.27. The van der Waals surface area contributed by atoms with Crippen molar-refractivity contribution in [1.29, 1.82) is 0 Å². The maximum Gasteiger partial charge on any atom is 0.252 e. The zero-order chi connectivity index (χ0) is 21.2. The molecule has 3 aromatic rings. The van der Waals surface area contributed by atoms with Crippen molar-refractivity contribution in [2.75, 3.05) is 14.1 Å². The van der Waals surface area contributed by atoms with Gasteiger partial charge >= 0.3 is 0 Å². The highest BCUT2D eigenvalue weighted by atomic mass is 32.2. The largest absolute Gasteiger partial charge is 0.348 e. The summed E-state index contributed by atoms with van der Waals surface area (Å²) in [4.78, 5) is 17.8. The van der Waals surface area contributed by atoms with Crippen molar-refractivity contribution < 1.29 is 13.2 Å². The first-order valence-electron chi connectivity index (χ1n) is 9.40. The number of aromatic nitrogens is 1. The zero-order valence-electron chi connectivity index (χ0n) is 17.0. The van der Waals surface area contributed by atoms with E-state index in [2.05, 4.69) is 10.3 Å². The molecule has 0 spiro atoms. The fraction of sp³-hybridized carbons (Fsp3) is 0.273. The second-order valence-electron chi connectivity index (χ2n) is 7.34. The molecule has 152 valence electrons. The highest BCUT2D eigenvalue weighted by molar-refractivity contribution is 7.89. The summed E-state index contributed by atoms with van der Waals surface area (Å²) in [6, 6.07) is 16.0. The van der Waals surface area contributed by atoms with Gasteiger partial charge in [0.25, 0.3) is 5.91 Å². The van der Waals surface area contributed by atoms with Crippen molar-refractivity contribution in [2.24, 2.45) is 0 Å². The molecule has 3 rings (SSSR count). The number of hydrogen-bond acceptors (Lipinski definition) is 4. The van der Waals surface area contributed by atoms with Gasteiger partial charge in [-0.3, -0.25) is 9.78 Å². The van der Waals surface area contributed by atoms with Crippen LogP contribution >= 0.6 is 0 Å². The number of nitrogens with zero attached hydrogens (tertiary/aromatic N) is 2. The van der Waals surface area contributed by atoms with Gasteiger partial charge in [0.1, 0.15) is 0 Å². The number of benzene rings is 2. The molecule has 1 aromatic heterocycles. The van der Waals surface area contributed by atoms with Crippen LogP contribution in [-0.4, -0.2) is 37.7 Å². The summed E-state index contributed by atoms with van der Waals surface area (Å²) < 4.78 is 26.3. The van der Waals surface area contributed by atoms with E-state index in [1.165, 1.54) is 18.4 Å². The van der Waals surface area contributed by atoms with Crippen molar-refractivity contribution in [2.45, 2.75) is 31.2 Å². The number of fused-ring (bicyclic) bond motifs is 1. The lowest BCUT2D eigenvalue weighted by atomic mass is 10.0. The predicted molar refractivity (Wildman–Crippen MR) is 114 cm³/mol. The summed E-state index contributed by atoms with van der Waals surface area (Å²) in [5, 5.41) is 3.64. The highest BCUT2D eigenvalue weighted by Crippen LogP contribution is 2.23. The van der Waals surface area contributed by atoms with E-state index in [9.17, 15) is 13.2 Å². The predicted octanol–water partition coefficient (Wildman–Crippen LogP) is 3.54. The normalized spacial score (nSPS) is 11.9. The number of carbonyl (C=O) groups is 1. The summed E-state index contributed by atoms with van der Waals surface area (Å²) in [6.45, 7) is 4.16. The van der Waals surface area contributed by atoms with E-state index in [4.69, 9.17) is 0 Å². The molecule has 0 aliphatic rings. The summed E-state index contributed by atoms with van der Waals surface area (Å²) in [5.41, 5.74) is 2.67. The van der Waals surface area contributed by atoms with E-state index in [1.807, 2.05) is 44.2 Å². The van der Waals surface area contributed by atoms with Crippen LogP contribution in [0.15, 0.2) is 59.5 Å². The number of nitrogens with one attached hydrogen (secondary N) is 1. The number of pyridine rings is 1. The van der Waals surface area contributed by atoms with Crippen LogP contribution in [0.25, 0.3) is 10.9 Å². The molecule has 0 saturated carbocycles. The van der Waals surface area contributed by atoms with Crippen LogP contribution in [0, 0.1) is 0 Å². The van der Waals surface area contributed by atoms with Gasteiger partial charge in [0.05, 0.1) is 16.0 Å². The fourth-order valence-electron chi connectivity index (χ4n) is 3.05. The molecule has 7 heteroatoms. The Morgan fingerprint density at radius 3 is 2.41 bits per heavy atom. The zero-order valence-corrected chi connectivity index (χ0v) is 17.8. The van der Waals surface area contributed by atoms with Gasteiger partial charge in [-0.15, -0.1) is 0 Å². The van der Waals surface area contributed by atoms with Gasteiger partial charge < -0.3 is 5.32 Å². The number of hydrogen-bond donors (Lipinski definition) is 1. The van der Waals surface area contributed by atoms with Crippen LogP contribution in [0.3, 0.4) is 0 Å². The Labute approximate surface area is 171 Å². The second-order valence-corrected chi connectivity index (χ2v) is 9.46. The van der Waals surface area contributed by atoms with Gasteiger partial charge in [-0.05, 0) is 29.7 Å². The van der Waals surface area contributed by atoms with E-state index in [1.54, 1.807) is 24.3 Å². The van der Waals surface area contributed by atoms with Gasteiger partial charge in [0, 0.05) is 31.7 Å². The third kappa shape index (κ3) is 4.31. The molecular formula is C22H25N3O3S. The molecular weight excluding hydrogens is 386 g/mol. The summed E-state index contributed by atoms with van der Waals surface area (Å²) in [7, 11) is -0.626. The monoisotopic (exact) mass is 411 g/mol. The first-order valence-corrected chi connectivity index (χ1v) is 10.8. The van der Waals surface area contributed by atoms with Crippen LogP contribution in [0.4, 0.5) is 0 Å². The molecule has 0 bridgehead atoms. The van der Waals surface area contributed by atoms with Crippen molar-refractivity contribution >= 4 is 26.8 Å². The molecule has 0 atom stereocenters. The average molecular weight is 412 g/mol. The number of carbonyl (C=O) groups excluding carboxylic acids is 1. The van der Waals surface area contributed by atoms with E-state index < -0.39 is 10.0 Å². The van der Waals surface area contributed by atoms with Crippen LogP contribution in [0.1, 0.15) is 41.4 Å². The highest BCUT2D eigenvalue weighted by Gasteiger charge is 2.21. The molecule has 1 amide bonds. The minimum Gasteiger partial charge on any atom is -0.348 e. The SMILES string of the molecule is CC(C)c1cc(C(=O)NCc2ccccc2S(=O)(=O)N(C)C)c2ccccc2n1. The second kappa shape index (κ2) is 8.31. The molecule has 29 heavy (non-hydrogen) atoms. The minimum atomic E-state index is -3.60. The quantitative estimate of drug-likeness (QED) is 0.673. The molecule has 6 nitrogen and oxygen atoms in total. The maximum absolute atomic E-state index is 13.0. The van der Waals surface area contributed by atoms with E-state index in [0.29, 0.717) is 11.1 Å². The van der Waals surface area contributed by atoms with Crippen molar-refractivity contribution in [3.63, 3.8) is 0 Å². The first kappa shape index (κ1) is 21.0. The summed E-state index contributed by atoms with van der Waals surface area (Å²) in [5.74, 6) is -0.0836. The summed E-state index contributed by atoms with van der Waals surface area (Å²) in [6.07, 6.45) is 0. The smallest absolute Gasteiger partial charge is 0.252 e. The first-order chi connectivity index (χ1) is 13.7. The topological polar surface area (TPSA) is 79.4 Å². The molecule has 0 radical (unpaired) electrons. The Hall–Kier alpha value is -2.77. The molecule has 0 aliphatic heterocycles. The lowest BCUT2D eigenvalue weighted by molar-refractivity contribution is 0.0952. The molecule has 2 aromatic carbocycles. The number of amides is 1. The molecule has 0 aliphatic carbocycles. The maximum atomic E-state index is 13.0. The van der Waals surface area contributed by atoms with E-state index >= 15 is 0 Å². The minimum absolute atomic E-state index is 0.107. The number of sulfonamides is 1.